The minimum Gasteiger partial charge on any atom is -0.462 e. The number of ether oxygens (including phenoxy) is 2. The maximum atomic E-state index is 12.0. The summed E-state index contributed by atoms with van der Waals surface area (Å²) in [4.78, 5) is 23.8. The first-order valence-electron chi connectivity index (χ1n) is 5.95. The molecule has 0 aromatic heterocycles. The molecule has 19 heavy (non-hydrogen) atoms. The number of rotatable bonds is 3. The lowest BCUT2D eigenvalue weighted by molar-refractivity contribution is 0.00683. The molecule has 0 amide bonds. The van der Waals surface area contributed by atoms with Gasteiger partial charge in [0.25, 0.3) is 0 Å². The van der Waals surface area contributed by atoms with Crippen molar-refractivity contribution in [1.29, 1.82) is 0 Å². The van der Waals surface area contributed by atoms with Crippen LogP contribution in [0.4, 0.5) is 0 Å². The van der Waals surface area contributed by atoms with E-state index in [0.717, 1.165) is 0 Å². The van der Waals surface area contributed by atoms with E-state index in [1.807, 2.05) is 22.6 Å². The Morgan fingerprint density at radius 2 is 1.68 bits per heavy atom. The Morgan fingerprint density at radius 1 is 1.16 bits per heavy atom. The van der Waals surface area contributed by atoms with Crippen LogP contribution in [-0.4, -0.2) is 24.1 Å². The number of hydrogen-bond acceptors (Lipinski definition) is 4. The molecule has 1 aromatic rings. The number of hydrogen-bond donors (Lipinski definition) is 0. The fourth-order valence-corrected chi connectivity index (χ4v) is 2.19. The molecule has 0 aliphatic rings. The lowest BCUT2D eigenvalue weighted by Gasteiger charge is -2.20. The van der Waals surface area contributed by atoms with Crippen LogP contribution in [0.15, 0.2) is 18.2 Å². The molecule has 0 saturated heterocycles. The van der Waals surface area contributed by atoms with Crippen molar-refractivity contribution in [3.63, 3.8) is 0 Å². The highest BCUT2D eigenvalue weighted by Gasteiger charge is 2.22. The second-order valence-electron chi connectivity index (χ2n) is 4.89. The molecule has 0 spiro atoms. The van der Waals surface area contributed by atoms with Crippen LogP contribution < -0.4 is 0 Å². The summed E-state index contributed by atoms with van der Waals surface area (Å²) < 4.78 is 10.8. The van der Waals surface area contributed by atoms with E-state index < -0.39 is 17.5 Å². The molecule has 0 aliphatic carbocycles. The van der Waals surface area contributed by atoms with Crippen molar-refractivity contribution in [3.05, 3.63) is 32.9 Å². The van der Waals surface area contributed by atoms with Gasteiger partial charge in [-0.05, 0) is 62.4 Å². The van der Waals surface area contributed by atoms with Crippen molar-refractivity contribution in [2.75, 3.05) is 6.61 Å². The van der Waals surface area contributed by atoms with E-state index in [4.69, 9.17) is 9.47 Å². The summed E-state index contributed by atoms with van der Waals surface area (Å²) in [6.07, 6.45) is 0. The number of halogens is 1. The molecule has 0 heterocycles. The topological polar surface area (TPSA) is 52.6 Å². The first-order chi connectivity index (χ1) is 8.76. The standard InChI is InChI=1S/C14H17IO4/c1-5-18-12(16)9-7-6-8-10(11(9)15)13(17)19-14(2,3)4/h6-8H,5H2,1-4H3. The number of esters is 2. The Balaban J connectivity index is 3.07. The first-order valence-corrected chi connectivity index (χ1v) is 7.03. The van der Waals surface area contributed by atoms with Crippen LogP contribution in [0.3, 0.4) is 0 Å². The molecule has 0 aliphatic heterocycles. The molecular weight excluding hydrogens is 359 g/mol. The first kappa shape index (κ1) is 15.9. The van der Waals surface area contributed by atoms with Crippen LogP contribution in [0.2, 0.25) is 0 Å². The minimum atomic E-state index is -0.569. The molecule has 1 rings (SSSR count). The molecule has 0 saturated carbocycles. The van der Waals surface area contributed by atoms with Crippen LogP contribution in [0.1, 0.15) is 48.4 Å². The summed E-state index contributed by atoms with van der Waals surface area (Å²) in [5.74, 6) is -0.875. The van der Waals surface area contributed by atoms with Crippen molar-refractivity contribution in [2.45, 2.75) is 33.3 Å². The van der Waals surface area contributed by atoms with Gasteiger partial charge >= 0.3 is 11.9 Å². The molecule has 0 radical (unpaired) electrons. The van der Waals surface area contributed by atoms with E-state index in [2.05, 4.69) is 0 Å². The Morgan fingerprint density at radius 3 is 2.16 bits per heavy atom. The average molecular weight is 376 g/mol. The largest absolute Gasteiger partial charge is 0.462 e. The van der Waals surface area contributed by atoms with Gasteiger partial charge in [0.05, 0.1) is 17.7 Å². The van der Waals surface area contributed by atoms with E-state index >= 15 is 0 Å². The highest BCUT2D eigenvalue weighted by Crippen LogP contribution is 2.21. The van der Waals surface area contributed by atoms with Gasteiger partial charge in [-0.15, -0.1) is 0 Å². The molecule has 1 aromatic carbocycles. The maximum Gasteiger partial charge on any atom is 0.339 e. The Kier molecular flexibility index (Phi) is 5.34. The maximum absolute atomic E-state index is 12.0. The van der Waals surface area contributed by atoms with Crippen molar-refractivity contribution < 1.29 is 19.1 Å². The van der Waals surface area contributed by atoms with Crippen molar-refractivity contribution in [1.82, 2.24) is 0 Å². The number of carbonyl (C=O) groups excluding carboxylic acids is 2. The summed E-state index contributed by atoms with van der Waals surface area (Å²) in [5, 5.41) is 0. The van der Waals surface area contributed by atoms with Gasteiger partial charge in [-0.2, -0.15) is 0 Å². The lowest BCUT2D eigenvalue weighted by atomic mass is 10.1. The zero-order chi connectivity index (χ0) is 14.6. The van der Waals surface area contributed by atoms with Crippen LogP contribution in [-0.2, 0) is 9.47 Å². The fraction of sp³-hybridized carbons (Fsp3) is 0.429. The minimum absolute atomic E-state index is 0.297. The second kappa shape index (κ2) is 6.36. The normalized spacial score (nSPS) is 11.0. The van der Waals surface area contributed by atoms with Gasteiger partial charge in [0.15, 0.2) is 0 Å². The molecule has 4 nitrogen and oxygen atoms in total. The Hall–Kier alpha value is -1.11. The highest BCUT2D eigenvalue weighted by molar-refractivity contribution is 14.1. The Labute approximate surface area is 126 Å². The molecular formula is C14H17IO4. The van der Waals surface area contributed by atoms with E-state index in [-0.39, 0.29) is 0 Å². The zero-order valence-corrected chi connectivity index (χ0v) is 13.6. The van der Waals surface area contributed by atoms with Gasteiger partial charge in [0.1, 0.15) is 5.60 Å². The fourth-order valence-electron chi connectivity index (χ4n) is 1.39. The van der Waals surface area contributed by atoms with E-state index in [9.17, 15) is 9.59 Å². The molecule has 0 fully saturated rings. The molecule has 0 atom stereocenters. The van der Waals surface area contributed by atoms with E-state index in [1.165, 1.54) is 0 Å². The van der Waals surface area contributed by atoms with Gasteiger partial charge in [0, 0.05) is 3.57 Å². The van der Waals surface area contributed by atoms with Crippen molar-refractivity contribution in [2.24, 2.45) is 0 Å². The van der Waals surface area contributed by atoms with E-state index in [0.29, 0.717) is 21.3 Å². The van der Waals surface area contributed by atoms with Gasteiger partial charge in [-0.3, -0.25) is 0 Å². The van der Waals surface area contributed by atoms with Gasteiger partial charge in [-0.25, -0.2) is 9.59 Å². The number of carbonyl (C=O) groups is 2. The third kappa shape index (κ3) is 4.49. The van der Waals surface area contributed by atoms with Gasteiger partial charge < -0.3 is 9.47 Å². The third-order valence-corrected chi connectivity index (χ3v) is 3.28. The Bertz CT molecular complexity index is 489. The lowest BCUT2D eigenvalue weighted by Crippen LogP contribution is -2.24. The molecule has 0 unspecified atom stereocenters. The number of benzene rings is 1. The predicted molar refractivity (Wildman–Crippen MR) is 80.3 cm³/mol. The monoisotopic (exact) mass is 376 g/mol. The molecule has 0 N–H and O–H groups in total. The molecule has 0 bridgehead atoms. The smallest absolute Gasteiger partial charge is 0.339 e. The molecule has 104 valence electrons. The SMILES string of the molecule is CCOC(=O)c1cccc(C(=O)OC(C)(C)C)c1I. The predicted octanol–water partition coefficient (Wildman–Crippen LogP) is 3.42. The molecule has 5 heteroatoms. The summed E-state index contributed by atoms with van der Waals surface area (Å²) in [5.41, 5.74) is 0.187. The van der Waals surface area contributed by atoms with Crippen molar-refractivity contribution in [3.8, 4) is 0 Å². The van der Waals surface area contributed by atoms with Crippen LogP contribution in [0.25, 0.3) is 0 Å². The average Bonchev–Trinajstić information content (AvgIpc) is 2.27. The summed E-state index contributed by atoms with van der Waals surface area (Å²) >= 11 is 1.96. The zero-order valence-electron chi connectivity index (χ0n) is 11.5. The highest BCUT2D eigenvalue weighted by atomic mass is 127. The van der Waals surface area contributed by atoms with Crippen LogP contribution >= 0.6 is 22.6 Å². The van der Waals surface area contributed by atoms with E-state index in [1.54, 1.807) is 45.9 Å². The van der Waals surface area contributed by atoms with Crippen LogP contribution in [0.5, 0.6) is 0 Å². The van der Waals surface area contributed by atoms with Gasteiger partial charge in [-0.1, -0.05) is 6.07 Å². The summed E-state index contributed by atoms with van der Waals surface area (Å²) in [7, 11) is 0. The summed E-state index contributed by atoms with van der Waals surface area (Å²) in [6, 6.07) is 4.92. The van der Waals surface area contributed by atoms with Crippen molar-refractivity contribution >= 4 is 34.5 Å². The third-order valence-electron chi connectivity index (χ3n) is 2.11. The van der Waals surface area contributed by atoms with Crippen LogP contribution in [0, 0.1) is 3.57 Å². The van der Waals surface area contributed by atoms with Gasteiger partial charge in [0.2, 0.25) is 0 Å². The summed E-state index contributed by atoms with van der Waals surface area (Å²) in [6.45, 7) is 7.43. The quantitative estimate of drug-likeness (QED) is 0.599. The second-order valence-corrected chi connectivity index (χ2v) is 5.97.